The molecule has 1 amide bonds. The highest BCUT2D eigenvalue weighted by atomic mass is 127. The van der Waals surface area contributed by atoms with Gasteiger partial charge >= 0.3 is 0 Å². The molecule has 0 bridgehead atoms. The smallest absolute Gasteiger partial charge is 0.266 e. The molecule has 6 heteroatoms. The Labute approximate surface area is 127 Å². The molecule has 1 N–H and O–H groups in total. The minimum absolute atomic E-state index is 0. The predicted octanol–water partition coefficient (Wildman–Crippen LogP) is 3.61. The van der Waals surface area contributed by atoms with Crippen LogP contribution in [-0.2, 0) is 0 Å². The minimum atomic E-state index is -0.320. The van der Waals surface area contributed by atoms with Crippen LogP contribution in [0.15, 0.2) is 24.3 Å². The van der Waals surface area contributed by atoms with Crippen LogP contribution in [-0.4, -0.2) is 16.0 Å². The van der Waals surface area contributed by atoms with Gasteiger partial charge in [-0.1, -0.05) is 6.07 Å². The molecule has 0 aliphatic heterocycles. The van der Waals surface area contributed by atoms with Gasteiger partial charge in [-0.2, -0.15) is 0 Å². The molecule has 0 heterocycles. The second kappa shape index (κ2) is 6.78. The van der Waals surface area contributed by atoms with Crippen molar-refractivity contribution in [2.24, 2.45) is 0 Å². The molecule has 1 aromatic rings. The maximum atomic E-state index is 11.8. The van der Waals surface area contributed by atoms with Crippen LogP contribution < -0.4 is 5.43 Å². The molecule has 1 rings (SSSR count). The minimum Gasteiger partial charge on any atom is -0.270 e. The summed E-state index contributed by atoms with van der Waals surface area (Å²) in [6.07, 6.45) is 0. The topological polar surface area (TPSA) is 32.3 Å². The maximum Gasteiger partial charge on any atom is 0.266 e. The Morgan fingerprint density at radius 2 is 2.00 bits per heavy atom. The number of benzene rings is 1. The number of hydrazine groups is 1. The van der Waals surface area contributed by atoms with E-state index in [1.807, 2.05) is 39.0 Å². The maximum absolute atomic E-state index is 11.8. The number of rotatable bonds is 2. The van der Waals surface area contributed by atoms with Gasteiger partial charge < -0.3 is 0 Å². The monoisotopic (exact) mass is 388 g/mol. The molecule has 0 saturated heterocycles. The second-order valence-corrected chi connectivity index (χ2v) is 5.99. The van der Waals surface area contributed by atoms with Crippen LogP contribution >= 0.6 is 46.8 Å². The summed E-state index contributed by atoms with van der Waals surface area (Å²) >= 11 is 8.10. The fraction of sp³-hybridized carbons (Fsp3) is 0.364. The molecule has 0 unspecified atom stereocenters. The molecule has 0 aliphatic rings. The Balaban J connectivity index is 0.00000256. The van der Waals surface area contributed by atoms with Gasteiger partial charge in [0.1, 0.15) is 0 Å². The van der Waals surface area contributed by atoms with Gasteiger partial charge in [0, 0.05) is 26.4 Å². The van der Waals surface area contributed by atoms with E-state index in [4.69, 9.17) is 11.8 Å². The van der Waals surface area contributed by atoms with Gasteiger partial charge in [0.05, 0.1) is 0 Å². The first-order valence-corrected chi connectivity index (χ1v) is 6.25. The second-order valence-electron chi connectivity index (χ2n) is 4.40. The first-order valence-electron chi connectivity index (χ1n) is 4.83. The molecule has 0 spiro atoms. The zero-order valence-corrected chi connectivity index (χ0v) is 13.6. The van der Waals surface area contributed by atoms with Gasteiger partial charge in [-0.25, -0.2) is 0 Å². The fourth-order valence-electron chi connectivity index (χ4n) is 0.951. The standard InChI is InChI=1S/C11H14ClIN2O.ClH/c1-11(2,3)15(12)14-10(16)8-5-4-6-9(13)7-8;/h4-7H,1-3H3,(H,14,16);1H. The molecule has 0 fully saturated rings. The molecule has 0 radical (unpaired) electrons. The summed E-state index contributed by atoms with van der Waals surface area (Å²) < 4.78 is 2.30. The summed E-state index contributed by atoms with van der Waals surface area (Å²) in [7, 11) is 0. The van der Waals surface area contributed by atoms with Crippen LogP contribution in [0, 0.1) is 3.57 Å². The molecule has 0 atom stereocenters. The van der Waals surface area contributed by atoms with Crippen molar-refractivity contribution in [2.75, 3.05) is 0 Å². The summed E-state index contributed by atoms with van der Waals surface area (Å²) in [5.74, 6) is -0.205. The molecule has 1 aromatic carbocycles. The lowest BCUT2D eigenvalue weighted by atomic mass is 10.1. The van der Waals surface area contributed by atoms with Crippen LogP contribution in [0.1, 0.15) is 31.1 Å². The third kappa shape index (κ3) is 5.42. The van der Waals surface area contributed by atoms with Crippen molar-refractivity contribution >= 4 is 52.7 Å². The van der Waals surface area contributed by atoms with Gasteiger partial charge in [0.25, 0.3) is 5.91 Å². The van der Waals surface area contributed by atoms with Crippen LogP contribution in [0.5, 0.6) is 0 Å². The van der Waals surface area contributed by atoms with Crippen LogP contribution in [0.4, 0.5) is 0 Å². The number of halogens is 3. The number of nitrogens with zero attached hydrogens (tertiary/aromatic N) is 1. The quantitative estimate of drug-likeness (QED) is 0.476. The molecule has 96 valence electrons. The molecule has 0 aromatic heterocycles. The highest BCUT2D eigenvalue weighted by Crippen LogP contribution is 2.14. The van der Waals surface area contributed by atoms with Crippen molar-refractivity contribution in [3.63, 3.8) is 0 Å². The number of nitrogens with one attached hydrogen (secondary N) is 1. The third-order valence-corrected chi connectivity index (χ3v) is 3.14. The van der Waals surface area contributed by atoms with Crippen molar-refractivity contribution in [1.29, 1.82) is 0 Å². The number of amides is 1. The molecule has 3 nitrogen and oxygen atoms in total. The molecular formula is C11H15Cl2IN2O. The van der Waals surface area contributed by atoms with Crippen molar-refractivity contribution in [1.82, 2.24) is 9.95 Å². The van der Waals surface area contributed by atoms with E-state index in [1.54, 1.807) is 6.07 Å². The van der Waals surface area contributed by atoms with Crippen LogP contribution in [0.25, 0.3) is 0 Å². The van der Waals surface area contributed by atoms with E-state index >= 15 is 0 Å². The van der Waals surface area contributed by atoms with E-state index in [1.165, 1.54) is 4.53 Å². The highest BCUT2D eigenvalue weighted by molar-refractivity contribution is 14.1. The first-order chi connectivity index (χ1) is 7.30. The largest absolute Gasteiger partial charge is 0.270 e. The van der Waals surface area contributed by atoms with Gasteiger partial charge in [0.2, 0.25) is 0 Å². The van der Waals surface area contributed by atoms with E-state index < -0.39 is 0 Å². The summed E-state index contributed by atoms with van der Waals surface area (Å²) in [5.41, 5.74) is 2.90. The van der Waals surface area contributed by atoms with Crippen molar-refractivity contribution in [2.45, 2.75) is 26.3 Å². The van der Waals surface area contributed by atoms with Crippen molar-refractivity contribution in [3.05, 3.63) is 33.4 Å². The third-order valence-electron chi connectivity index (χ3n) is 1.88. The summed E-state index contributed by atoms with van der Waals surface area (Å²) in [5, 5.41) is 0. The summed E-state index contributed by atoms with van der Waals surface area (Å²) in [6.45, 7) is 5.74. The number of carbonyl (C=O) groups excluding carboxylic acids is 1. The van der Waals surface area contributed by atoms with Gasteiger partial charge in [0.15, 0.2) is 0 Å². The fourth-order valence-corrected chi connectivity index (χ4v) is 1.57. The van der Waals surface area contributed by atoms with E-state index in [0.29, 0.717) is 5.56 Å². The Kier molecular flexibility index (Phi) is 6.76. The number of carbonyl (C=O) groups is 1. The van der Waals surface area contributed by atoms with Gasteiger partial charge in [-0.3, -0.25) is 10.2 Å². The van der Waals surface area contributed by atoms with Gasteiger partial charge in [-0.15, -0.1) is 16.9 Å². The molecule has 17 heavy (non-hydrogen) atoms. The first kappa shape index (κ1) is 17.0. The van der Waals surface area contributed by atoms with Crippen LogP contribution in [0.3, 0.4) is 0 Å². The lowest BCUT2D eigenvalue weighted by molar-refractivity contribution is 0.0806. The van der Waals surface area contributed by atoms with E-state index in [9.17, 15) is 4.79 Å². The molecule has 0 aliphatic carbocycles. The Morgan fingerprint density at radius 1 is 1.41 bits per heavy atom. The Bertz CT molecular complexity index is 393. The van der Waals surface area contributed by atoms with E-state index in [-0.39, 0.29) is 23.9 Å². The lowest BCUT2D eigenvalue weighted by Gasteiger charge is -2.28. The van der Waals surface area contributed by atoms with E-state index in [0.717, 1.165) is 3.57 Å². The van der Waals surface area contributed by atoms with Crippen molar-refractivity contribution < 1.29 is 4.79 Å². The highest BCUT2D eigenvalue weighted by Gasteiger charge is 2.21. The average Bonchev–Trinajstić information content (AvgIpc) is 2.16. The molecule has 0 saturated carbocycles. The summed E-state index contributed by atoms with van der Waals surface area (Å²) in [6, 6.07) is 7.33. The van der Waals surface area contributed by atoms with E-state index in [2.05, 4.69) is 28.0 Å². The molecular weight excluding hydrogens is 374 g/mol. The predicted molar refractivity (Wildman–Crippen MR) is 81.3 cm³/mol. The zero-order valence-electron chi connectivity index (χ0n) is 9.83. The van der Waals surface area contributed by atoms with Gasteiger partial charge in [-0.05, 0) is 61.6 Å². The number of hydrogen-bond acceptors (Lipinski definition) is 2. The average molecular weight is 389 g/mol. The summed E-state index contributed by atoms with van der Waals surface area (Å²) in [4.78, 5) is 11.8. The SMILES string of the molecule is CC(C)(C)N(Cl)NC(=O)c1cccc(I)c1.Cl. The van der Waals surface area contributed by atoms with Crippen LogP contribution in [0.2, 0.25) is 0 Å². The Morgan fingerprint density at radius 3 is 2.47 bits per heavy atom. The Hall–Kier alpha value is -0.0400. The van der Waals surface area contributed by atoms with Crippen molar-refractivity contribution in [3.8, 4) is 0 Å². The lowest BCUT2D eigenvalue weighted by Crippen LogP contribution is -2.46. The number of hydrogen-bond donors (Lipinski definition) is 1. The zero-order chi connectivity index (χ0) is 12.3. The normalized spacial score (nSPS) is 10.9.